The van der Waals surface area contributed by atoms with Crippen LogP contribution in [-0.4, -0.2) is 59.5 Å². The Bertz CT molecular complexity index is 704. The summed E-state index contributed by atoms with van der Waals surface area (Å²) >= 11 is 0. The zero-order valence-corrected chi connectivity index (χ0v) is 14.3. The number of nitrogens with zero attached hydrogens (tertiary/aromatic N) is 3. The zero-order valence-electron chi connectivity index (χ0n) is 14.3. The van der Waals surface area contributed by atoms with Gasteiger partial charge in [-0.3, -0.25) is 9.59 Å². The van der Waals surface area contributed by atoms with Gasteiger partial charge in [0.15, 0.2) is 5.69 Å². The normalized spacial score (nSPS) is 15.2. The predicted molar refractivity (Wildman–Crippen MR) is 93.3 cm³/mol. The molecule has 0 aliphatic carbocycles. The van der Waals surface area contributed by atoms with Gasteiger partial charge >= 0.3 is 0 Å². The van der Waals surface area contributed by atoms with Gasteiger partial charge in [0.2, 0.25) is 5.91 Å². The number of aromatic nitrogens is 1. The van der Waals surface area contributed by atoms with Gasteiger partial charge < -0.3 is 19.6 Å². The van der Waals surface area contributed by atoms with E-state index in [0.717, 1.165) is 38.3 Å². The van der Waals surface area contributed by atoms with Crippen LogP contribution >= 0.6 is 0 Å². The maximum Gasteiger partial charge on any atom is 0.277 e. The molecule has 0 unspecified atom stereocenters. The van der Waals surface area contributed by atoms with E-state index < -0.39 is 0 Å². The Kier molecular flexibility index (Phi) is 5.45. The molecule has 3 rings (SSSR count). The second-order valence-corrected chi connectivity index (χ2v) is 6.03. The molecule has 1 aliphatic heterocycles. The topological polar surface area (TPSA) is 78.7 Å². The molecule has 2 aromatic rings. The van der Waals surface area contributed by atoms with Crippen LogP contribution in [0.25, 0.3) is 0 Å². The van der Waals surface area contributed by atoms with E-state index in [1.54, 1.807) is 12.1 Å². The highest BCUT2D eigenvalue weighted by molar-refractivity contribution is 6.02. The van der Waals surface area contributed by atoms with Gasteiger partial charge in [-0.1, -0.05) is 24.2 Å². The van der Waals surface area contributed by atoms with Crippen LogP contribution in [0.3, 0.4) is 0 Å². The lowest BCUT2D eigenvalue weighted by atomic mass is 10.1. The summed E-state index contributed by atoms with van der Waals surface area (Å²) < 4.78 is 4.65. The number of likely N-dealkylation sites (N-methyl/N-ethyl adjacent to an activating group) is 1. The van der Waals surface area contributed by atoms with Gasteiger partial charge in [0.1, 0.15) is 6.26 Å². The zero-order chi connectivity index (χ0) is 17.6. The molecule has 2 heterocycles. The van der Waals surface area contributed by atoms with Crippen LogP contribution in [0, 0.1) is 0 Å². The van der Waals surface area contributed by atoms with E-state index in [4.69, 9.17) is 0 Å². The second-order valence-electron chi connectivity index (χ2n) is 6.03. The average molecular weight is 342 g/mol. The summed E-state index contributed by atoms with van der Waals surface area (Å²) in [6.07, 6.45) is 1.73. The molecule has 0 bridgehead atoms. The molecule has 132 valence electrons. The number of benzene rings is 1. The standard InChI is InChI=1S/C18H22N4O3/c1-2-21-8-10-22(11-9-21)17(23)13-14-3-5-15(6-4-14)19-18(24)16-7-12-25-20-16/h3-7,12H,2,8-11,13H2,1H3,(H,19,24). The van der Waals surface area contributed by atoms with Crippen molar-refractivity contribution in [1.82, 2.24) is 15.0 Å². The lowest BCUT2D eigenvalue weighted by Crippen LogP contribution is -2.48. The molecular formula is C18H22N4O3. The maximum absolute atomic E-state index is 12.4. The van der Waals surface area contributed by atoms with Crippen LogP contribution in [0.15, 0.2) is 41.1 Å². The molecule has 7 heteroatoms. The Balaban J connectivity index is 1.52. The van der Waals surface area contributed by atoms with Crippen molar-refractivity contribution in [3.8, 4) is 0 Å². The van der Waals surface area contributed by atoms with Crippen LogP contribution in [0.4, 0.5) is 5.69 Å². The number of carbonyl (C=O) groups is 2. The van der Waals surface area contributed by atoms with Crippen molar-refractivity contribution in [2.45, 2.75) is 13.3 Å². The Hall–Kier alpha value is -2.67. The van der Waals surface area contributed by atoms with Gasteiger partial charge in [-0.2, -0.15) is 0 Å². The number of hydrogen-bond donors (Lipinski definition) is 1. The van der Waals surface area contributed by atoms with Crippen LogP contribution in [0.5, 0.6) is 0 Å². The number of hydrogen-bond acceptors (Lipinski definition) is 5. The molecule has 1 aromatic carbocycles. The molecule has 1 fully saturated rings. The van der Waals surface area contributed by atoms with Crippen LogP contribution in [-0.2, 0) is 11.2 Å². The first-order valence-corrected chi connectivity index (χ1v) is 8.46. The highest BCUT2D eigenvalue weighted by Gasteiger charge is 2.20. The van der Waals surface area contributed by atoms with Crippen LogP contribution in [0.2, 0.25) is 0 Å². The third-order valence-electron chi connectivity index (χ3n) is 4.41. The molecule has 0 spiro atoms. The summed E-state index contributed by atoms with van der Waals surface area (Å²) in [6.45, 7) is 6.63. The van der Waals surface area contributed by atoms with Crippen molar-refractivity contribution in [2.75, 3.05) is 38.0 Å². The van der Waals surface area contributed by atoms with E-state index in [0.29, 0.717) is 12.1 Å². The minimum absolute atomic E-state index is 0.148. The molecule has 0 saturated carbocycles. The summed E-state index contributed by atoms with van der Waals surface area (Å²) in [5.41, 5.74) is 1.81. The Labute approximate surface area is 146 Å². The number of anilines is 1. The lowest BCUT2D eigenvalue weighted by Gasteiger charge is -2.34. The van der Waals surface area contributed by atoms with Gasteiger partial charge in [0.05, 0.1) is 6.42 Å². The summed E-state index contributed by atoms with van der Waals surface area (Å²) in [7, 11) is 0. The van der Waals surface area contributed by atoms with Gasteiger partial charge in [0, 0.05) is 37.9 Å². The fraction of sp³-hybridized carbons (Fsp3) is 0.389. The maximum atomic E-state index is 12.4. The highest BCUT2D eigenvalue weighted by atomic mass is 16.5. The van der Waals surface area contributed by atoms with Crippen molar-refractivity contribution in [2.24, 2.45) is 0 Å². The highest BCUT2D eigenvalue weighted by Crippen LogP contribution is 2.13. The summed E-state index contributed by atoms with van der Waals surface area (Å²) in [4.78, 5) is 28.6. The first kappa shape index (κ1) is 17.2. The Morgan fingerprint density at radius 1 is 1.12 bits per heavy atom. The number of rotatable bonds is 5. The Morgan fingerprint density at radius 3 is 2.44 bits per heavy atom. The number of amides is 2. The molecule has 25 heavy (non-hydrogen) atoms. The minimum Gasteiger partial charge on any atom is -0.364 e. The van der Waals surface area contributed by atoms with Gasteiger partial charge in [0.25, 0.3) is 5.91 Å². The monoisotopic (exact) mass is 342 g/mol. The van der Waals surface area contributed by atoms with Gasteiger partial charge in [-0.05, 0) is 24.2 Å². The molecule has 0 atom stereocenters. The predicted octanol–water partition coefficient (Wildman–Crippen LogP) is 1.63. The van der Waals surface area contributed by atoms with Crippen molar-refractivity contribution in [3.63, 3.8) is 0 Å². The number of carbonyl (C=O) groups excluding carboxylic acids is 2. The average Bonchev–Trinajstić information content (AvgIpc) is 3.18. The van der Waals surface area contributed by atoms with Crippen LogP contribution in [0.1, 0.15) is 23.0 Å². The quantitative estimate of drug-likeness (QED) is 0.893. The summed E-state index contributed by atoms with van der Waals surface area (Å²) in [5.74, 6) is -0.179. The molecular weight excluding hydrogens is 320 g/mol. The van der Waals surface area contributed by atoms with Gasteiger partial charge in [-0.15, -0.1) is 0 Å². The van der Waals surface area contributed by atoms with E-state index in [1.165, 1.54) is 12.3 Å². The number of nitrogens with one attached hydrogen (secondary N) is 1. The molecule has 1 aromatic heterocycles. The van der Waals surface area contributed by atoms with E-state index in [-0.39, 0.29) is 17.5 Å². The third-order valence-corrected chi connectivity index (χ3v) is 4.41. The van der Waals surface area contributed by atoms with Crippen molar-refractivity contribution in [3.05, 3.63) is 47.9 Å². The molecule has 7 nitrogen and oxygen atoms in total. The molecule has 1 saturated heterocycles. The minimum atomic E-state index is -0.327. The van der Waals surface area contributed by atoms with E-state index in [1.807, 2.05) is 17.0 Å². The lowest BCUT2D eigenvalue weighted by molar-refractivity contribution is -0.132. The van der Waals surface area contributed by atoms with Gasteiger partial charge in [-0.25, -0.2) is 0 Å². The Morgan fingerprint density at radius 2 is 1.84 bits per heavy atom. The van der Waals surface area contributed by atoms with Crippen molar-refractivity contribution >= 4 is 17.5 Å². The van der Waals surface area contributed by atoms with Crippen LogP contribution < -0.4 is 5.32 Å². The SMILES string of the molecule is CCN1CCN(C(=O)Cc2ccc(NC(=O)c3ccon3)cc2)CC1. The van der Waals surface area contributed by atoms with E-state index in [9.17, 15) is 9.59 Å². The van der Waals surface area contributed by atoms with E-state index >= 15 is 0 Å². The third kappa shape index (κ3) is 4.45. The largest absolute Gasteiger partial charge is 0.364 e. The summed E-state index contributed by atoms with van der Waals surface area (Å²) in [6, 6.07) is 8.79. The van der Waals surface area contributed by atoms with Crippen molar-refractivity contribution < 1.29 is 14.1 Å². The molecule has 2 amide bonds. The van der Waals surface area contributed by atoms with E-state index in [2.05, 4.69) is 26.8 Å². The summed E-state index contributed by atoms with van der Waals surface area (Å²) in [5, 5.41) is 6.33. The molecule has 0 radical (unpaired) electrons. The fourth-order valence-corrected chi connectivity index (χ4v) is 2.83. The number of piperazine rings is 1. The molecule has 1 aliphatic rings. The molecule has 1 N–H and O–H groups in total. The second kappa shape index (κ2) is 7.94. The first-order valence-electron chi connectivity index (χ1n) is 8.46. The first-order chi connectivity index (χ1) is 12.2. The fourth-order valence-electron chi connectivity index (χ4n) is 2.83. The van der Waals surface area contributed by atoms with Crippen molar-refractivity contribution in [1.29, 1.82) is 0 Å². The smallest absolute Gasteiger partial charge is 0.277 e.